The molecule has 1 aromatic rings. The van der Waals surface area contributed by atoms with Crippen molar-refractivity contribution in [3.63, 3.8) is 0 Å². The van der Waals surface area contributed by atoms with E-state index in [9.17, 15) is 13.6 Å². The van der Waals surface area contributed by atoms with Crippen molar-refractivity contribution in [2.24, 2.45) is 23.2 Å². The van der Waals surface area contributed by atoms with Crippen LogP contribution in [-0.4, -0.2) is 31.8 Å². The van der Waals surface area contributed by atoms with Gasteiger partial charge in [-0.05, 0) is 36.2 Å². The minimum atomic E-state index is -2.57. The maximum atomic E-state index is 13.9. The van der Waals surface area contributed by atoms with E-state index in [1.807, 2.05) is 30.3 Å². The summed E-state index contributed by atoms with van der Waals surface area (Å²) >= 11 is 0. The number of ether oxygens (including phenoxy) is 2. The molecule has 1 amide bonds. The van der Waals surface area contributed by atoms with Crippen LogP contribution >= 0.6 is 0 Å². The fraction of sp³-hybridized carbons (Fsp3) is 0.650. The predicted molar refractivity (Wildman–Crippen MR) is 91.8 cm³/mol. The standard InChI is InChI=1S/C20H25F2NO3/c21-20(22)7-6-16-15(9-20)8-19(12-23-18(24)26-13-19)17(16)11-25-10-14-4-2-1-3-5-14/h1-5,15-17H,6-13H2,(H,23,24). The summed E-state index contributed by atoms with van der Waals surface area (Å²) in [6, 6.07) is 9.93. The van der Waals surface area contributed by atoms with Crippen molar-refractivity contribution < 1.29 is 23.0 Å². The van der Waals surface area contributed by atoms with Gasteiger partial charge in [0.15, 0.2) is 0 Å². The second-order valence-corrected chi connectivity index (χ2v) is 8.13. The Labute approximate surface area is 152 Å². The number of alkyl halides is 2. The number of hydrogen-bond acceptors (Lipinski definition) is 3. The highest BCUT2D eigenvalue weighted by atomic mass is 19.3. The number of rotatable bonds is 4. The molecule has 2 saturated carbocycles. The SMILES string of the molecule is O=C1NCC2(CO1)CC1CC(F)(F)CCC1C2COCc1ccccc1. The van der Waals surface area contributed by atoms with E-state index in [0.717, 1.165) is 5.56 Å². The minimum Gasteiger partial charge on any atom is -0.449 e. The molecule has 3 aliphatic rings. The van der Waals surface area contributed by atoms with Crippen LogP contribution in [0.3, 0.4) is 0 Å². The first-order valence-corrected chi connectivity index (χ1v) is 9.38. The third-order valence-corrected chi connectivity index (χ3v) is 6.47. The maximum absolute atomic E-state index is 13.9. The van der Waals surface area contributed by atoms with Crippen molar-refractivity contribution in [3.05, 3.63) is 35.9 Å². The first kappa shape index (κ1) is 17.7. The molecule has 4 rings (SSSR count). The Kier molecular flexibility index (Phi) is 4.63. The fourth-order valence-corrected chi connectivity index (χ4v) is 5.24. The second-order valence-electron chi connectivity index (χ2n) is 8.13. The summed E-state index contributed by atoms with van der Waals surface area (Å²) < 4.78 is 39.1. The number of amides is 1. The normalized spacial score (nSPS) is 35.6. The van der Waals surface area contributed by atoms with E-state index >= 15 is 0 Å². The Bertz CT molecular complexity index is 642. The third-order valence-electron chi connectivity index (χ3n) is 6.47. The largest absolute Gasteiger partial charge is 0.449 e. The van der Waals surface area contributed by atoms with Gasteiger partial charge in [-0.2, -0.15) is 0 Å². The molecule has 1 aromatic carbocycles. The fourth-order valence-electron chi connectivity index (χ4n) is 5.24. The van der Waals surface area contributed by atoms with Gasteiger partial charge in [0.25, 0.3) is 0 Å². The van der Waals surface area contributed by atoms with Crippen LogP contribution in [0.25, 0.3) is 0 Å². The van der Waals surface area contributed by atoms with E-state index in [1.165, 1.54) is 0 Å². The summed E-state index contributed by atoms with van der Waals surface area (Å²) in [5.74, 6) is -2.25. The van der Waals surface area contributed by atoms with Gasteiger partial charge in [0.2, 0.25) is 5.92 Å². The molecule has 142 valence electrons. The Morgan fingerprint density at radius 1 is 1.23 bits per heavy atom. The molecule has 4 atom stereocenters. The van der Waals surface area contributed by atoms with Gasteiger partial charge in [-0.3, -0.25) is 0 Å². The van der Waals surface area contributed by atoms with Gasteiger partial charge < -0.3 is 14.8 Å². The van der Waals surface area contributed by atoms with Crippen LogP contribution in [0.4, 0.5) is 13.6 Å². The molecule has 26 heavy (non-hydrogen) atoms. The lowest BCUT2D eigenvalue weighted by molar-refractivity contribution is -0.0741. The summed E-state index contributed by atoms with van der Waals surface area (Å²) in [6.45, 7) is 1.82. The van der Waals surface area contributed by atoms with Gasteiger partial charge in [-0.15, -0.1) is 0 Å². The summed E-state index contributed by atoms with van der Waals surface area (Å²) in [7, 11) is 0. The number of alkyl carbamates (subject to hydrolysis) is 1. The summed E-state index contributed by atoms with van der Waals surface area (Å²) in [5, 5.41) is 2.78. The number of hydrogen-bond donors (Lipinski definition) is 1. The molecule has 0 radical (unpaired) electrons. The molecular weight excluding hydrogens is 340 g/mol. The van der Waals surface area contributed by atoms with Crippen LogP contribution in [0.15, 0.2) is 30.3 Å². The van der Waals surface area contributed by atoms with E-state index in [-0.39, 0.29) is 36.0 Å². The summed E-state index contributed by atoms with van der Waals surface area (Å²) in [5.41, 5.74) is 0.805. The van der Waals surface area contributed by atoms with Crippen molar-refractivity contribution in [2.45, 2.75) is 38.2 Å². The number of nitrogens with one attached hydrogen (secondary N) is 1. The van der Waals surface area contributed by atoms with Crippen molar-refractivity contribution in [1.29, 1.82) is 0 Å². The molecule has 2 aliphatic carbocycles. The molecule has 6 heteroatoms. The molecule has 4 unspecified atom stereocenters. The number of benzene rings is 1. The van der Waals surface area contributed by atoms with Crippen molar-refractivity contribution in [1.82, 2.24) is 5.32 Å². The highest BCUT2D eigenvalue weighted by Crippen LogP contribution is 2.58. The lowest BCUT2D eigenvalue weighted by Crippen LogP contribution is -2.51. The summed E-state index contributed by atoms with van der Waals surface area (Å²) in [6.07, 6.45) is 0.675. The van der Waals surface area contributed by atoms with Crippen molar-refractivity contribution >= 4 is 6.09 Å². The third kappa shape index (κ3) is 3.43. The number of carbonyl (C=O) groups is 1. The van der Waals surface area contributed by atoms with E-state index in [0.29, 0.717) is 39.2 Å². The highest BCUT2D eigenvalue weighted by molar-refractivity contribution is 5.68. The molecule has 1 saturated heterocycles. The molecule has 1 heterocycles. The Hall–Kier alpha value is -1.69. The van der Waals surface area contributed by atoms with Crippen LogP contribution < -0.4 is 5.32 Å². The molecule has 1 spiro atoms. The first-order chi connectivity index (χ1) is 12.5. The summed E-state index contributed by atoms with van der Waals surface area (Å²) in [4.78, 5) is 11.4. The van der Waals surface area contributed by atoms with Gasteiger partial charge in [-0.1, -0.05) is 30.3 Å². The zero-order valence-corrected chi connectivity index (χ0v) is 14.8. The quantitative estimate of drug-likeness (QED) is 0.877. The van der Waals surface area contributed by atoms with Crippen molar-refractivity contribution in [3.8, 4) is 0 Å². The number of fused-ring (bicyclic) bond motifs is 1. The average molecular weight is 365 g/mol. The van der Waals surface area contributed by atoms with Gasteiger partial charge >= 0.3 is 6.09 Å². The topological polar surface area (TPSA) is 47.6 Å². The number of cyclic esters (lactones) is 1. The number of carbonyl (C=O) groups excluding carboxylic acids is 1. The Balaban J connectivity index is 1.48. The number of halogens is 2. The van der Waals surface area contributed by atoms with Gasteiger partial charge in [-0.25, -0.2) is 13.6 Å². The van der Waals surface area contributed by atoms with E-state index in [2.05, 4.69) is 5.32 Å². The minimum absolute atomic E-state index is 0.0253. The lowest BCUT2D eigenvalue weighted by Gasteiger charge is -2.40. The Morgan fingerprint density at radius 3 is 2.77 bits per heavy atom. The molecule has 4 nitrogen and oxygen atoms in total. The smallest absolute Gasteiger partial charge is 0.407 e. The second kappa shape index (κ2) is 6.80. The first-order valence-electron chi connectivity index (χ1n) is 9.38. The lowest BCUT2D eigenvalue weighted by atomic mass is 9.73. The van der Waals surface area contributed by atoms with Crippen LogP contribution in [0, 0.1) is 23.2 Å². The van der Waals surface area contributed by atoms with Gasteiger partial charge in [0, 0.05) is 24.8 Å². The average Bonchev–Trinajstić information content (AvgIpc) is 2.90. The van der Waals surface area contributed by atoms with Crippen LogP contribution in [0.2, 0.25) is 0 Å². The van der Waals surface area contributed by atoms with E-state index in [4.69, 9.17) is 9.47 Å². The molecule has 0 bridgehead atoms. The van der Waals surface area contributed by atoms with E-state index in [1.54, 1.807) is 0 Å². The van der Waals surface area contributed by atoms with Crippen LogP contribution in [0.1, 0.15) is 31.2 Å². The zero-order chi connectivity index (χ0) is 18.2. The molecule has 0 aromatic heterocycles. The van der Waals surface area contributed by atoms with Crippen LogP contribution in [-0.2, 0) is 16.1 Å². The monoisotopic (exact) mass is 365 g/mol. The van der Waals surface area contributed by atoms with Crippen molar-refractivity contribution in [2.75, 3.05) is 19.8 Å². The highest BCUT2D eigenvalue weighted by Gasteiger charge is 2.58. The molecule has 3 fully saturated rings. The molecule has 1 N–H and O–H groups in total. The van der Waals surface area contributed by atoms with Crippen LogP contribution in [0.5, 0.6) is 0 Å². The Morgan fingerprint density at radius 2 is 2.04 bits per heavy atom. The van der Waals surface area contributed by atoms with E-state index < -0.39 is 12.0 Å². The molecule has 1 aliphatic heterocycles. The zero-order valence-electron chi connectivity index (χ0n) is 14.8. The maximum Gasteiger partial charge on any atom is 0.407 e. The van der Waals surface area contributed by atoms with Gasteiger partial charge in [0.1, 0.15) is 6.61 Å². The predicted octanol–water partition coefficient (Wildman–Crippen LogP) is 4.00. The van der Waals surface area contributed by atoms with Gasteiger partial charge in [0.05, 0.1) is 13.2 Å². The molecular formula is C20H25F2NO3.